The molecule has 1 amide bonds. The molecule has 1 aromatic heterocycles. The number of nitrogens with two attached hydrogens (primary N) is 2. The first-order chi connectivity index (χ1) is 9.63. The van der Waals surface area contributed by atoms with Crippen LogP contribution in [0.25, 0.3) is 0 Å². The summed E-state index contributed by atoms with van der Waals surface area (Å²) in [5.74, 6) is 0.913. The number of carbonyl (C=O) groups is 1. The highest BCUT2D eigenvalue weighted by Crippen LogP contribution is 2.31. The number of hydrogen-bond acceptors (Lipinski definition) is 6. The molecule has 1 saturated carbocycles. The first-order valence-corrected chi connectivity index (χ1v) is 8.00. The second-order valence-electron chi connectivity index (χ2n) is 5.69. The molecule has 2 aliphatic rings. The van der Waals surface area contributed by atoms with Gasteiger partial charge in [0.15, 0.2) is 5.13 Å². The number of rotatable bonds is 4. The van der Waals surface area contributed by atoms with E-state index in [4.69, 9.17) is 11.5 Å². The van der Waals surface area contributed by atoms with Crippen molar-refractivity contribution in [3.8, 4) is 0 Å². The molecule has 1 aliphatic carbocycles. The molecule has 0 aromatic carbocycles. The zero-order chi connectivity index (χ0) is 14.1. The minimum Gasteiger partial charge on any atom is -0.382 e. The van der Waals surface area contributed by atoms with Gasteiger partial charge in [-0.1, -0.05) is 11.3 Å². The third kappa shape index (κ3) is 3.04. The average molecular weight is 295 g/mol. The zero-order valence-electron chi connectivity index (χ0n) is 11.5. The van der Waals surface area contributed by atoms with E-state index in [1.807, 2.05) is 0 Å². The van der Waals surface area contributed by atoms with Gasteiger partial charge in [0, 0.05) is 25.7 Å². The van der Waals surface area contributed by atoms with Crippen molar-refractivity contribution in [2.45, 2.75) is 31.7 Å². The van der Waals surface area contributed by atoms with Crippen LogP contribution in [0.15, 0.2) is 0 Å². The maximum absolute atomic E-state index is 12.1. The van der Waals surface area contributed by atoms with Crippen LogP contribution in [-0.4, -0.2) is 36.6 Å². The highest BCUT2D eigenvalue weighted by Gasteiger charge is 2.25. The SMILES string of the molecule is Nc1nc(N2CCC(N)CC2)sc1C(=O)NCC1CC1. The van der Waals surface area contributed by atoms with Crippen LogP contribution in [0.4, 0.5) is 10.9 Å². The number of anilines is 2. The Kier molecular flexibility index (Phi) is 3.80. The van der Waals surface area contributed by atoms with Gasteiger partial charge in [-0.05, 0) is 31.6 Å². The molecular formula is C13H21N5OS. The van der Waals surface area contributed by atoms with Gasteiger partial charge < -0.3 is 21.7 Å². The number of piperidine rings is 1. The van der Waals surface area contributed by atoms with Crippen molar-refractivity contribution in [3.05, 3.63) is 4.88 Å². The lowest BCUT2D eigenvalue weighted by molar-refractivity contribution is 0.0956. The molecule has 5 N–H and O–H groups in total. The lowest BCUT2D eigenvalue weighted by Gasteiger charge is -2.29. The maximum atomic E-state index is 12.1. The summed E-state index contributed by atoms with van der Waals surface area (Å²) in [5, 5.41) is 3.78. The number of nitrogens with one attached hydrogen (secondary N) is 1. The highest BCUT2D eigenvalue weighted by molar-refractivity contribution is 7.18. The van der Waals surface area contributed by atoms with E-state index in [1.165, 1.54) is 24.2 Å². The number of hydrogen-bond donors (Lipinski definition) is 3. The molecule has 7 heteroatoms. The molecule has 1 saturated heterocycles. The van der Waals surface area contributed by atoms with E-state index >= 15 is 0 Å². The van der Waals surface area contributed by atoms with Crippen molar-refractivity contribution in [2.24, 2.45) is 11.7 Å². The molecule has 6 nitrogen and oxygen atoms in total. The molecule has 0 atom stereocenters. The van der Waals surface area contributed by atoms with Crippen LogP contribution in [0.5, 0.6) is 0 Å². The number of aromatic nitrogens is 1. The van der Waals surface area contributed by atoms with Crippen LogP contribution >= 0.6 is 11.3 Å². The molecule has 0 spiro atoms. The second kappa shape index (κ2) is 5.57. The second-order valence-corrected chi connectivity index (χ2v) is 6.67. The summed E-state index contributed by atoms with van der Waals surface area (Å²) in [6.07, 6.45) is 4.36. The van der Waals surface area contributed by atoms with Crippen molar-refractivity contribution >= 4 is 28.2 Å². The van der Waals surface area contributed by atoms with Crippen LogP contribution < -0.4 is 21.7 Å². The van der Waals surface area contributed by atoms with Crippen LogP contribution in [0.1, 0.15) is 35.4 Å². The molecule has 1 aliphatic heterocycles. The zero-order valence-corrected chi connectivity index (χ0v) is 12.3. The molecule has 110 valence electrons. The van der Waals surface area contributed by atoms with Crippen molar-refractivity contribution < 1.29 is 4.79 Å². The Morgan fingerprint density at radius 3 is 2.70 bits per heavy atom. The van der Waals surface area contributed by atoms with Gasteiger partial charge >= 0.3 is 0 Å². The van der Waals surface area contributed by atoms with Crippen LogP contribution in [0.2, 0.25) is 0 Å². The third-order valence-electron chi connectivity index (χ3n) is 3.91. The molecule has 3 rings (SSSR count). The van der Waals surface area contributed by atoms with Crippen molar-refractivity contribution in [1.29, 1.82) is 0 Å². The molecular weight excluding hydrogens is 274 g/mol. The molecule has 0 bridgehead atoms. The van der Waals surface area contributed by atoms with Crippen LogP contribution in [-0.2, 0) is 0 Å². The molecule has 2 fully saturated rings. The van der Waals surface area contributed by atoms with E-state index in [0.29, 0.717) is 16.6 Å². The Balaban J connectivity index is 1.64. The normalized spacial score (nSPS) is 20.1. The summed E-state index contributed by atoms with van der Waals surface area (Å²) in [6, 6.07) is 0.282. The van der Waals surface area contributed by atoms with Crippen molar-refractivity contribution in [2.75, 3.05) is 30.3 Å². The first kappa shape index (κ1) is 13.6. The highest BCUT2D eigenvalue weighted by atomic mass is 32.1. The Labute approximate surface area is 122 Å². The predicted octanol–water partition coefficient (Wildman–Crippen LogP) is 0.793. The number of nitrogens with zero attached hydrogens (tertiary/aromatic N) is 2. The van der Waals surface area contributed by atoms with Crippen molar-refractivity contribution in [3.63, 3.8) is 0 Å². The summed E-state index contributed by atoms with van der Waals surface area (Å²) in [6.45, 7) is 2.53. The van der Waals surface area contributed by atoms with E-state index in [1.54, 1.807) is 0 Å². The lowest BCUT2D eigenvalue weighted by Crippen LogP contribution is -2.39. The number of amides is 1. The Bertz CT molecular complexity index is 491. The van der Waals surface area contributed by atoms with E-state index in [-0.39, 0.29) is 11.9 Å². The largest absolute Gasteiger partial charge is 0.382 e. The fourth-order valence-electron chi connectivity index (χ4n) is 2.35. The summed E-state index contributed by atoms with van der Waals surface area (Å²) in [4.78, 5) is 19.1. The van der Waals surface area contributed by atoms with Crippen LogP contribution in [0, 0.1) is 5.92 Å². The van der Waals surface area contributed by atoms with Gasteiger partial charge in [0.2, 0.25) is 0 Å². The topological polar surface area (TPSA) is 97.3 Å². The minimum absolute atomic E-state index is 0.0909. The first-order valence-electron chi connectivity index (χ1n) is 7.18. The number of carbonyl (C=O) groups excluding carboxylic acids is 1. The van der Waals surface area contributed by atoms with Crippen LogP contribution in [0.3, 0.4) is 0 Å². The van der Waals surface area contributed by atoms with Gasteiger partial charge in [-0.2, -0.15) is 0 Å². The number of nitrogen functional groups attached to an aromatic ring is 1. The molecule has 2 heterocycles. The van der Waals surface area contributed by atoms with Crippen molar-refractivity contribution in [1.82, 2.24) is 10.3 Å². The molecule has 0 unspecified atom stereocenters. The Hall–Kier alpha value is -1.34. The minimum atomic E-state index is -0.0909. The van der Waals surface area contributed by atoms with Gasteiger partial charge in [-0.3, -0.25) is 4.79 Å². The monoisotopic (exact) mass is 295 g/mol. The van der Waals surface area contributed by atoms with E-state index in [0.717, 1.165) is 37.6 Å². The van der Waals surface area contributed by atoms with E-state index in [9.17, 15) is 4.79 Å². The van der Waals surface area contributed by atoms with Gasteiger partial charge in [0.1, 0.15) is 10.7 Å². The molecule has 1 aromatic rings. The average Bonchev–Trinajstić information content (AvgIpc) is 3.19. The molecule has 0 radical (unpaired) electrons. The van der Waals surface area contributed by atoms with E-state index in [2.05, 4.69) is 15.2 Å². The Morgan fingerprint density at radius 1 is 1.35 bits per heavy atom. The number of thiazole rings is 1. The molecule has 20 heavy (non-hydrogen) atoms. The summed E-state index contributed by atoms with van der Waals surface area (Å²) < 4.78 is 0. The fourth-order valence-corrected chi connectivity index (χ4v) is 3.30. The lowest BCUT2D eigenvalue weighted by atomic mass is 10.1. The predicted molar refractivity (Wildman–Crippen MR) is 81.0 cm³/mol. The maximum Gasteiger partial charge on any atom is 0.265 e. The van der Waals surface area contributed by atoms with Gasteiger partial charge in [-0.25, -0.2) is 4.98 Å². The third-order valence-corrected chi connectivity index (χ3v) is 5.04. The van der Waals surface area contributed by atoms with E-state index < -0.39 is 0 Å². The van der Waals surface area contributed by atoms with Gasteiger partial charge in [0.05, 0.1) is 0 Å². The van der Waals surface area contributed by atoms with Gasteiger partial charge in [0.25, 0.3) is 5.91 Å². The summed E-state index contributed by atoms with van der Waals surface area (Å²) in [5.41, 5.74) is 11.8. The summed E-state index contributed by atoms with van der Waals surface area (Å²) >= 11 is 1.38. The fraction of sp³-hybridized carbons (Fsp3) is 0.692. The summed E-state index contributed by atoms with van der Waals surface area (Å²) in [7, 11) is 0. The standard InChI is InChI=1S/C13H21N5OS/c14-9-3-5-18(6-4-9)13-17-11(15)10(20-13)12(19)16-7-8-1-2-8/h8-9H,1-7,14-15H2,(H,16,19). The smallest absolute Gasteiger partial charge is 0.265 e. The Morgan fingerprint density at radius 2 is 2.05 bits per heavy atom. The van der Waals surface area contributed by atoms with Gasteiger partial charge in [-0.15, -0.1) is 0 Å². The quantitative estimate of drug-likeness (QED) is 0.763.